The highest BCUT2D eigenvalue weighted by Gasteiger charge is 2.05. The van der Waals surface area contributed by atoms with E-state index in [4.69, 9.17) is 5.73 Å². The zero-order chi connectivity index (χ0) is 15.6. The van der Waals surface area contributed by atoms with E-state index in [9.17, 15) is 0 Å². The van der Waals surface area contributed by atoms with Crippen LogP contribution in [-0.2, 0) is 0 Å². The Morgan fingerprint density at radius 1 is 1.00 bits per heavy atom. The number of hydrogen-bond donors (Lipinski definition) is 3. The van der Waals surface area contributed by atoms with Gasteiger partial charge in [0, 0.05) is 35.2 Å². The lowest BCUT2D eigenvalue weighted by Crippen LogP contribution is -1.93. The van der Waals surface area contributed by atoms with Gasteiger partial charge in [0.15, 0.2) is 0 Å². The molecule has 23 heavy (non-hydrogen) atoms. The molecule has 0 atom stereocenters. The summed E-state index contributed by atoms with van der Waals surface area (Å²) in [4.78, 5) is 11.9. The molecule has 0 saturated carbocycles. The number of aromatic nitrogens is 3. The Morgan fingerprint density at radius 3 is 2.78 bits per heavy atom. The number of fused-ring (bicyclic) bond motifs is 1. The molecule has 0 saturated heterocycles. The first-order valence-electron chi connectivity index (χ1n) is 7.30. The van der Waals surface area contributed by atoms with Crippen molar-refractivity contribution in [2.45, 2.75) is 0 Å². The minimum atomic E-state index is 0.748. The summed E-state index contributed by atoms with van der Waals surface area (Å²) in [6.45, 7) is 0. The van der Waals surface area contributed by atoms with Gasteiger partial charge in [0.05, 0.1) is 17.4 Å². The van der Waals surface area contributed by atoms with Crippen LogP contribution >= 0.6 is 0 Å². The lowest BCUT2D eigenvalue weighted by Gasteiger charge is -2.04. The van der Waals surface area contributed by atoms with Gasteiger partial charge in [0.2, 0.25) is 0 Å². The highest BCUT2D eigenvalue weighted by atomic mass is 15.0. The van der Waals surface area contributed by atoms with Crippen molar-refractivity contribution in [1.29, 1.82) is 0 Å². The Balaban J connectivity index is 1.69. The van der Waals surface area contributed by atoms with Gasteiger partial charge in [-0.05, 0) is 35.9 Å². The van der Waals surface area contributed by atoms with Gasteiger partial charge >= 0.3 is 0 Å². The molecule has 4 N–H and O–H groups in total. The van der Waals surface area contributed by atoms with E-state index in [1.165, 1.54) is 0 Å². The van der Waals surface area contributed by atoms with Gasteiger partial charge in [0.25, 0.3) is 0 Å². The largest absolute Gasteiger partial charge is 0.399 e. The second-order valence-electron chi connectivity index (χ2n) is 5.33. The lowest BCUT2D eigenvalue weighted by atomic mass is 10.1. The molecule has 112 valence electrons. The lowest BCUT2D eigenvalue weighted by molar-refractivity contribution is 1.29. The van der Waals surface area contributed by atoms with Crippen molar-refractivity contribution in [1.82, 2.24) is 15.0 Å². The molecule has 3 heterocycles. The summed E-state index contributed by atoms with van der Waals surface area (Å²) >= 11 is 0. The summed E-state index contributed by atoms with van der Waals surface area (Å²) in [5, 5.41) is 4.30. The zero-order valence-electron chi connectivity index (χ0n) is 12.3. The van der Waals surface area contributed by atoms with Crippen molar-refractivity contribution >= 4 is 28.1 Å². The van der Waals surface area contributed by atoms with Gasteiger partial charge in [-0.25, -0.2) is 4.98 Å². The number of aromatic amines is 1. The number of nitrogens with zero attached hydrogens (tertiary/aromatic N) is 2. The fourth-order valence-corrected chi connectivity index (χ4v) is 2.54. The fraction of sp³-hybridized carbons (Fsp3) is 0. The number of pyridine rings is 2. The van der Waals surface area contributed by atoms with E-state index in [-0.39, 0.29) is 0 Å². The minimum Gasteiger partial charge on any atom is -0.399 e. The van der Waals surface area contributed by atoms with Crippen LogP contribution in [0.15, 0.2) is 67.1 Å². The molecule has 0 aliphatic rings. The summed E-state index contributed by atoms with van der Waals surface area (Å²) in [7, 11) is 0. The topological polar surface area (TPSA) is 79.6 Å². The Bertz CT molecular complexity index is 959. The van der Waals surface area contributed by atoms with Crippen LogP contribution in [0.4, 0.5) is 17.2 Å². The maximum Gasteiger partial charge on any atom is 0.132 e. The van der Waals surface area contributed by atoms with E-state index < -0.39 is 0 Å². The van der Waals surface area contributed by atoms with Crippen LogP contribution in [0.25, 0.3) is 22.2 Å². The Kier molecular flexibility index (Phi) is 3.16. The standard InChI is InChI=1S/C18H15N5/c19-14-4-1-3-12(7-14)16-8-13-10-21-18(9-17(13)23-16)22-15-5-2-6-20-11-15/h1-11,23H,19H2,(H,21,22). The van der Waals surface area contributed by atoms with Crippen LogP contribution in [0.2, 0.25) is 0 Å². The molecule has 0 spiro atoms. The van der Waals surface area contributed by atoms with Crippen molar-refractivity contribution < 1.29 is 0 Å². The number of H-pyrrole nitrogens is 1. The monoisotopic (exact) mass is 301 g/mol. The maximum atomic E-state index is 5.86. The third-order valence-electron chi connectivity index (χ3n) is 3.64. The zero-order valence-corrected chi connectivity index (χ0v) is 12.3. The van der Waals surface area contributed by atoms with E-state index in [2.05, 4.69) is 26.3 Å². The molecule has 4 rings (SSSR count). The molecular weight excluding hydrogens is 286 g/mol. The number of nitrogens with two attached hydrogens (primary N) is 1. The smallest absolute Gasteiger partial charge is 0.132 e. The summed E-state index contributed by atoms with van der Waals surface area (Å²) in [5.74, 6) is 0.770. The van der Waals surface area contributed by atoms with E-state index >= 15 is 0 Å². The second kappa shape index (κ2) is 5.46. The van der Waals surface area contributed by atoms with Gasteiger partial charge < -0.3 is 16.0 Å². The minimum absolute atomic E-state index is 0.748. The molecule has 0 aliphatic heterocycles. The molecule has 0 fully saturated rings. The van der Waals surface area contributed by atoms with Gasteiger partial charge in [0.1, 0.15) is 5.82 Å². The quantitative estimate of drug-likeness (QED) is 0.501. The number of nitrogens with one attached hydrogen (secondary N) is 2. The maximum absolute atomic E-state index is 5.86. The van der Waals surface area contributed by atoms with Crippen molar-refractivity contribution in [2.24, 2.45) is 0 Å². The number of anilines is 3. The molecule has 3 aromatic heterocycles. The summed E-state index contributed by atoms with van der Waals surface area (Å²) in [5.41, 5.74) is 10.6. The first-order chi connectivity index (χ1) is 11.3. The Hall–Kier alpha value is -3.34. The van der Waals surface area contributed by atoms with Gasteiger partial charge in [-0.1, -0.05) is 12.1 Å². The fourth-order valence-electron chi connectivity index (χ4n) is 2.54. The van der Waals surface area contributed by atoms with Crippen LogP contribution in [0.3, 0.4) is 0 Å². The van der Waals surface area contributed by atoms with Crippen molar-refractivity contribution in [3.8, 4) is 11.3 Å². The third kappa shape index (κ3) is 2.72. The highest BCUT2D eigenvalue weighted by molar-refractivity contribution is 5.87. The normalized spacial score (nSPS) is 10.8. The number of hydrogen-bond acceptors (Lipinski definition) is 4. The SMILES string of the molecule is Nc1cccc(-c2cc3cnc(Nc4cccnc4)cc3[nH]2)c1. The van der Waals surface area contributed by atoms with Gasteiger partial charge in [-0.2, -0.15) is 0 Å². The molecule has 0 aliphatic carbocycles. The van der Waals surface area contributed by atoms with E-state index in [0.29, 0.717) is 0 Å². The third-order valence-corrected chi connectivity index (χ3v) is 3.64. The van der Waals surface area contributed by atoms with Crippen LogP contribution < -0.4 is 11.1 Å². The molecule has 0 amide bonds. The molecule has 5 heteroatoms. The molecule has 5 nitrogen and oxygen atoms in total. The summed E-state index contributed by atoms with van der Waals surface area (Å²) in [6.07, 6.45) is 5.35. The predicted octanol–water partition coefficient (Wildman–Crippen LogP) is 3.95. The average molecular weight is 301 g/mol. The van der Waals surface area contributed by atoms with Crippen LogP contribution in [-0.4, -0.2) is 15.0 Å². The molecule has 1 aromatic carbocycles. The van der Waals surface area contributed by atoms with Crippen molar-refractivity contribution in [3.05, 3.63) is 67.1 Å². The molecule has 0 radical (unpaired) electrons. The number of benzene rings is 1. The van der Waals surface area contributed by atoms with E-state index in [1.807, 2.05) is 48.7 Å². The summed E-state index contributed by atoms with van der Waals surface area (Å²) in [6, 6.07) is 15.7. The molecule has 0 unspecified atom stereocenters. The van der Waals surface area contributed by atoms with E-state index in [0.717, 1.165) is 39.4 Å². The Labute approximate surface area is 133 Å². The summed E-state index contributed by atoms with van der Waals surface area (Å²) < 4.78 is 0. The average Bonchev–Trinajstić information content (AvgIpc) is 2.99. The van der Waals surface area contributed by atoms with Crippen LogP contribution in [0.5, 0.6) is 0 Å². The first-order valence-corrected chi connectivity index (χ1v) is 7.30. The Morgan fingerprint density at radius 2 is 1.96 bits per heavy atom. The van der Waals surface area contributed by atoms with E-state index in [1.54, 1.807) is 12.4 Å². The predicted molar refractivity (Wildman–Crippen MR) is 93.5 cm³/mol. The molecule has 4 aromatic rings. The van der Waals surface area contributed by atoms with Crippen LogP contribution in [0, 0.1) is 0 Å². The van der Waals surface area contributed by atoms with Crippen molar-refractivity contribution in [2.75, 3.05) is 11.1 Å². The number of nitrogen functional groups attached to an aromatic ring is 1. The molecule has 0 bridgehead atoms. The first kappa shape index (κ1) is 13.3. The van der Waals surface area contributed by atoms with Gasteiger partial charge in [-0.3, -0.25) is 4.98 Å². The molecular formula is C18H15N5. The highest BCUT2D eigenvalue weighted by Crippen LogP contribution is 2.26. The second-order valence-corrected chi connectivity index (χ2v) is 5.33. The number of rotatable bonds is 3. The van der Waals surface area contributed by atoms with Gasteiger partial charge in [-0.15, -0.1) is 0 Å². The van der Waals surface area contributed by atoms with Crippen LogP contribution in [0.1, 0.15) is 0 Å². The van der Waals surface area contributed by atoms with Crippen molar-refractivity contribution in [3.63, 3.8) is 0 Å².